The molecule has 3 rings (SSSR count). The van der Waals surface area contributed by atoms with E-state index < -0.39 is 5.25 Å². The molecule has 1 aliphatic heterocycles. The molecule has 0 aliphatic carbocycles. The highest BCUT2D eigenvalue weighted by Gasteiger charge is 2.40. The van der Waals surface area contributed by atoms with E-state index in [1.807, 2.05) is 13.0 Å². The lowest BCUT2D eigenvalue weighted by molar-refractivity contribution is -0.121. The molecular weight excluding hydrogens is 452 g/mol. The van der Waals surface area contributed by atoms with Gasteiger partial charge in [0.2, 0.25) is 17.7 Å². The first-order valence-corrected chi connectivity index (χ1v) is 10.4. The minimum absolute atomic E-state index is 0.0728. The van der Waals surface area contributed by atoms with E-state index in [9.17, 15) is 14.4 Å². The number of aryl methyl sites for hydroxylation is 1. The molecule has 0 saturated carbocycles. The Hall–Kier alpha value is -1.83. The van der Waals surface area contributed by atoms with Crippen molar-refractivity contribution < 1.29 is 14.4 Å². The van der Waals surface area contributed by atoms with Crippen LogP contribution in [-0.2, 0) is 14.4 Å². The van der Waals surface area contributed by atoms with Gasteiger partial charge in [-0.1, -0.05) is 33.6 Å². The van der Waals surface area contributed by atoms with Crippen LogP contribution in [0.2, 0.25) is 5.02 Å². The molecule has 0 unspecified atom stereocenters. The van der Waals surface area contributed by atoms with Crippen molar-refractivity contribution >= 4 is 68.4 Å². The molecule has 1 fully saturated rings. The van der Waals surface area contributed by atoms with Crippen LogP contribution in [-0.4, -0.2) is 28.7 Å². The molecule has 0 bridgehead atoms. The zero-order valence-corrected chi connectivity index (χ0v) is 17.5. The van der Waals surface area contributed by atoms with Crippen molar-refractivity contribution in [1.82, 2.24) is 0 Å². The highest BCUT2D eigenvalue weighted by atomic mass is 79.9. The molecule has 3 amide bonds. The molecular formula is C19H16BrClN2O3S. The number of carbonyl (C=O) groups excluding carboxylic acids is 3. The first-order chi connectivity index (χ1) is 12.8. The van der Waals surface area contributed by atoms with Crippen LogP contribution in [0.15, 0.2) is 46.9 Å². The second kappa shape index (κ2) is 8.46. The Kier molecular flexibility index (Phi) is 6.24. The fourth-order valence-corrected chi connectivity index (χ4v) is 4.02. The third-order valence-corrected chi connectivity index (χ3v) is 6.20. The molecule has 0 radical (unpaired) electrons. The first-order valence-electron chi connectivity index (χ1n) is 8.15. The standard InChI is InChI=1S/C19H16BrClN2O3S/c1-11-2-5-13(8-15(11)21)22-17(24)10-27-16-9-18(25)23(19(16)26)14-6-3-12(20)4-7-14/h2-8,16H,9-10H2,1H3,(H,22,24)/t16-/m1/s1. The van der Waals surface area contributed by atoms with E-state index in [-0.39, 0.29) is 29.9 Å². The molecule has 5 nitrogen and oxygen atoms in total. The molecule has 8 heteroatoms. The minimum atomic E-state index is -0.562. The SMILES string of the molecule is Cc1ccc(NC(=O)CS[C@@H]2CC(=O)N(c3ccc(Br)cc3)C2=O)cc1Cl. The summed E-state index contributed by atoms with van der Waals surface area (Å²) < 4.78 is 0.865. The number of nitrogens with zero attached hydrogens (tertiary/aromatic N) is 1. The lowest BCUT2D eigenvalue weighted by Crippen LogP contribution is -2.31. The van der Waals surface area contributed by atoms with Gasteiger partial charge in [-0.15, -0.1) is 11.8 Å². The van der Waals surface area contributed by atoms with Crippen LogP contribution in [0, 0.1) is 6.92 Å². The fourth-order valence-electron chi connectivity index (χ4n) is 2.64. The van der Waals surface area contributed by atoms with E-state index in [4.69, 9.17) is 11.6 Å². The van der Waals surface area contributed by atoms with Crippen LogP contribution in [0.1, 0.15) is 12.0 Å². The van der Waals surface area contributed by atoms with E-state index in [1.165, 1.54) is 16.7 Å². The quantitative estimate of drug-likeness (QED) is 0.661. The molecule has 0 aromatic heterocycles. The maximum Gasteiger partial charge on any atom is 0.247 e. The molecule has 2 aromatic rings. The summed E-state index contributed by atoms with van der Waals surface area (Å²) in [6, 6.07) is 12.2. The van der Waals surface area contributed by atoms with Crippen molar-refractivity contribution in [3.8, 4) is 0 Å². The predicted molar refractivity (Wildman–Crippen MR) is 112 cm³/mol. The molecule has 1 aliphatic rings. The Morgan fingerprint density at radius 3 is 2.63 bits per heavy atom. The van der Waals surface area contributed by atoms with Gasteiger partial charge in [-0.05, 0) is 48.9 Å². The highest BCUT2D eigenvalue weighted by molar-refractivity contribution is 9.10. The van der Waals surface area contributed by atoms with Gasteiger partial charge < -0.3 is 5.32 Å². The van der Waals surface area contributed by atoms with E-state index in [0.29, 0.717) is 16.4 Å². The second-order valence-electron chi connectivity index (χ2n) is 6.06. The average molecular weight is 468 g/mol. The number of imide groups is 1. The van der Waals surface area contributed by atoms with Gasteiger partial charge in [-0.2, -0.15) is 0 Å². The Morgan fingerprint density at radius 1 is 1.26 bits per heavy atom. The van der Waals surface area contributed by atoms with Crippen LogP contribution < -0.4 is 10.2 Å². The number of carbonyl (C=O) groups is 3. The van der Waals surface area contributed by atoms with Gasteiger partial charge in [-0.25, -0.2) is 4.90 Å². The van der Waals surface area contributed by atoms with Crippen molar-refractivity contribution in [3.63, 3.8) is 0 Å². The van der Waals surface area contributed by atoms with Gasteiger partial charge in [0.25, 0.3) is 0 Å². The summed E-state index contributed by atoms with van der Waals surface area (Å²) in [7, 11) is 0. The number of thioether (sulfide) groups is 1. The Labute approximate surface area is 174 Å². The van der Waals surface area contributed by atoms with Crippen molar-refractivity contribution in [1.29, 1.82) is 0 Å². The lowest BCUT2D eigenvalue weighted by atomic mass is 10.2. The van der Waals surface area contributed by atoms with Crippen LogP contribution in [0.4, 0.5) is 11.4 Å². The number of halogens is 2. The molecule has 1 saturated heterocycles. The average Bonchev–Trinajstić information content (AvgIpc) is 2.91. The van der Waals surface area contributed by atoms with E-state index in [1.54, 1.807) is 36.4 Å². The normalized spacial score (nSPS) is 16.7. The maximum atomic E-state index is 12.6. The fraction of sp³-hybridized carbons (Fsp3) is 0.211. The second-order valence-corrected chi connectivity index (χ2v) is 8.57. The number of amides is 3. The number of anilines is 2. The summed E-state index contributed by atoms with van der Waals surface area (Å²) in [5.74, 6) is -0.727. The van der Waals surface area contributed by atoms with Crippen molar-refractivity contribution in [2.45, 2.75) is 18.6 Å². The van der Waals surface area contributed by atoms with Gasteiger partial charge in [0, 0.05) is 21.6 Å². The molecule has 0 spiro atoms. The number of nitrogens with one attached hydrogen (secondary N) is 1. The van der Waals surface area contributed by atoms with Gasteiger partial charge in [0.15, 0.2) is 0 Å². The molecule has 2 aromatic carbocycles. The van der Waals surface area contributed by atoms with Crippen LogP contribution in [0.5, 0.6) is 0 Å². The van der Waals surface area contributed by atoms with Gasteiger partial charge in [-0.3, -0.25) is 14.4 Å². The molecule has 1 atom stereocenters. The number of hydrogen-bond acceptors (Lipinski definition) is 4. The van der Waals surface area contributed by atoms with Gasteiger partial charge >= 0.3 is 0 Å². The third-order valence-electron chi connectivity index (χ3n) is 4.06. The summed E-state index contributed by atoms with van der Waals surface area (Å²) in [5, 5.41) is 2.76. The van der Waals surface area contributed by atoms with Crippen LogP contribution in [0.25, 0.3) is 0 Å². The van der Waals surface area contributed by atoms with E-state index in [0.717, 1.165) is 10.0 Å². The van der Waals surface area contributed by atoms with Crippen molar-refractivity contribution in [2.24, 2.45) is 0 Å². The zero-order valence-electron chi connectivity index (χ0n) is 14.4. The monoisotopic (exact) mass is 466 g/mol. The molecule has 1 heterocycles. The third kappa shape index (κ3) is 4.72. The maximum absolute atomic E-state index is 12.6. The molecule has 140 valence electrons. The van der Waals surface area contributed by atoms with Gasteiger partial charge in [0.1, 0.15) is 0 Å². The van der Waals surface area contributed by atoms with Crippen LogP contribution in [0.3, 0.4) is 0 Å². The summed E-state index contributed by atoms with van der Waals surface area (Å²) in [5.41, 5.74) is 2.06. The largest absolute Gasteiger partial charge is 0.325 e. The highest BCUT2D eigenvalue weighted by Crippen LogP contribution is 2.30. The Morgan fingerprint density at radius 2 is 1.96 bits per heavy atom. The van der Waals surface area contributed by atoms with E-state index >= 15 is 0 Å². The summed E-state index contributed by atoms with van der Waals surface area (Å²) in [6.45, 7) is 1.88. The lowest BCUT2D eigenvalue weighted by Gasteiger charge is -2.15. The minimum Gasteiger partial charge on any atom is -0.325 e. The number of benzene rings is 2. The zero-order chi connectivity index (χ0) is 19.6. The van der Waals surface area contributed by atoms with Gasteiger partial charge in [0.05, 0.1) is 16.7 Å². The summed E-state index contributed by atoms with van der Waals surface area (Å²) in [4.78, 5) is 38.2. The van der Waals surface area contributed by atoms with Crippen molar-refractivity contribution in [2.75, 3.05) is 16.0 Å². The predicted octanol–water partition coefficient (Wildman–Crippen LogP) is 4.41. The van der Waals surface area contributed by atoms with Crippen molar-refractivity contribution in [3.05, 3.63) is 57.5 Å². The smallest absolute Gasteiger partial charge is 0.247 e. The molecule has 1 N–H and O–H groups in total. The first kappa shape index (κ1) is 19.9. The number of rotatable bonds is 5. The summed E-state index contributed by atoms with van der Waals surface area (Å²) in [6.07, 6.45) is 0.0865. The Bertz CT molecular complexity index is 904. The van der Waals surface area contributed by atoms with E-state index in [2.05, 4.69) is 21.2 Å². The Balaban J connectivity index is 1.58. The molecule has 27 heavy (non-hydrogen) atoms. The topological polar surface area (TPSA) is 66.5 Å². The van der Waals surface area contributed by atoms with Crippen LogP contribution >= 0.6 is 39.3 Å². The summed E-state index contributed by atoms with van der Waals surface area (Å²) >= 11 is 10.5. The number of hydrogen-bond donors (Lipinski definition) is 1.